The minimum Gasteiger partial charge on any atom is -0.466 e. The molecule has 0 aliphatic rings. The van der Waals surface area contributed by atoms with Crippen molar-refractivity contribution in [1.82, 2.24) is 9.80 Å². The Bertz CT molecular complexity index is 1650. The minimum absolute atomic E-state index is 0.0193. The lowest BCUT2D eigenvalue weighted by Crippen LogP contribution is -2.27. The zero-order valence-corrected chi connectivity index (χ0v) is 70.1. The molecule has 0 rings (SSSR count). The van der Waals surface area contributed by atoms with Crippen molar-refractivity contribution in [1.29, 1.82) is 0 Å². The van der Waals surface area contributed by atoms with E-state index in [4.69, 9.17) is 18.9 Å². The number of unbranched alkanes of at least 4 members (excludes halogenated alkanes) is 49. The van der Waals surface area contributed by atoms with Gasteiger partial charge in [-0.3, -0.25) is 19.2 Å². The maximum absolute atomic E-state index is 12.7. The molecule has 0 aromatic carbocycles. The topological polar surface area (TPSA) is 152 Å². The van der Waals surface area contributed by atoms with Crippen LogP contribution in [0.1, 0.15) is 485 Å². The predicted molar refractivity (Wildman–Crippen MR) is 441 cm³/mol. The Balaban J connectivity index is 0. The summed E-state index contributed by atoms with van der Waals surface area (Å²) in [6.45, 7) is 21.7. The van der Waals surface area contributed by atoms with Gasteiger partial charge in [-0.1, -0.05) is 324 Å². The van der Waals surface area contributed by atoms with Gasteiger partial charge < -0.3 is 39.0 Å². The van der Waals surface area contributed by atoms with Gasteiger partial charge in [-0.15, -0.1) is 0 Å². The monoisotopic (exact) mass is 1460 g/mol. The lowest BCUT2D eigenvalue weighted by molar-refractivity contribution is -0.151. The van der Waals surface area contributed by atoms with E-state index in [9.17, 15) is 29.4 Å². The molecule has 614 valence electrons. The summed E-state index contributed by atoms with van der Waals surface area (Å²) in [5, 5.41) is 18.6. The zero-order valence-electron chi connectivity index (χ0n) is 70.1. The summed E-state index contributed by atoms with van der Waals surface area (Å²) in [4.78, 5) is 54.6. The molecule has 0 unspecified atom stereocenters. The first-order chi connectivity index (χ1) is 50.6. The van der Waals surface area contributed by atoms with Crippen molar-refractivity contribution in [2.75, 3.05) is 65.7 Å². The zero-order chi connectivity index (χ0) is 75.3. The van der Waals surface area contributed by atoms with Crippen molar-refractivity contribution in [3.63, 3.8) is 0 Å². The smallest absolute Gasteiger partial charge is 0.306 e. The Hall–Kier alpha value is -2.28. The lowest BCUT2D eigenvalue weighted by atomic mass is 10.0. The number of hydrogen-bond acceptors (Lipinski definition) is 12. The third-order valence-electron chi connectivity index (χ3n) is 21.1. The number of aliphatic hydroxyl groups excluding tert-OH is 2. The van der Waals surface area contributed by atoms with Crippen molar-refractivity contribution >= 4 is 23.9 Å². The van der Waals surface area contributed by atoms with Gasteiger partial charge in [0.05, 0.1) is 13.2 Å². The molecule has 0 fully saturated rings. The normalized spacial score (nSPS) is 11.6. The summed E-state index contributed by atoms with van der Waals surface area (Å²) in [7, 11) is 0. The van der Waals surface area contributed by atoms with E-state index in [1.165, 1.54) is 308 Å². The van der Waals surface area contributed by atoms with Crippen molar-refractivity contribution in [2.45, 2.75) is 497 Å². The highest BCUT2D eigenvalue weighted by atomic mass is 16.6. The lowest BCUT2D eigenvalue weighted by Gasteiger charge is -2.22. The minimum atomic E-state index is -0.0256. The summed E-state index contributed by atoms with van der Waals surface area (Å²) in [5.41, 5.74) is 0. The molecule has 0 aromatic rings. The van der Waals surface area contributed by atoms with Gasteiger partial charge in [0.15, 0.2) is 0 Å². The van der Waals surface area contributed by atoms with Gasteiger partial charge in [0.2, 0.25) is 0 Å². The fourth-order valence-electron chi connectivity index (χ4n) is 14.2. The Kier molecular flexibility index (Phi) is 88.4. The molecule has 12 heteroatoms. The van der Waals surface area contributed by atoms with Gasteiger partial charge in [-0.05, 0) is 168 Å². The highest BCUT2D eigenvalue weighted by Crippen LogP contribution is 2.22. The number of carbonyl (C=O) groups excluding carboxylic acids is 4. The Morgan fingerprint density at radius 1 is 0.223 bits per heavy atom. The van der Waals surface area contributed by atoms with Crippen LogP contribution in [0.5, 0.6) is 0 Å². The van der Waals surface area contributed by atoms with Crippen LogP contribution < -0.4 is 0 Å². The van der Waals surface area contributed by atoms with Gasteiger partial charge >= 0.3 is 23.9 Å². The van der Waals surface area contributed by atoms with Gasteiger partial charge in [0, 0.05) is 45.4 Å². The molecule has 0 radical (unpaired) electrons. The number of rotatable bonds is 85. The number of esters is 4. The molecule has 0 heterocycles. The molecule has 0 aliphatic heterocycles. The first kappa shape index (κ1) is 103. The van der Waals surface area contributed by atoms with Crippen LogP contribution in [0.25, 0.3) is 0 Å². The summed E-state index contributed by atoms with van der Waals surface area (Å²) in [6, 6.07) is 0. The van der Waals surface area contributed by atoms with Crippen LogP contribution in [0.15, 0.2) is 0 Å². The molecule has 103 heavy (non-hydrogen) atoms. The Morgan fingerprint density at radius 2 is 0.417 bits per heavy atom. The largest absolute Gasteiger partial charge is 0.466 e. The van der Waals surface area contributed by atoms with E-state index in [1.54, 1.807) is 0 Å². The van der Waals surface area contributed by atoms with E-state index >= 15 is 0 Å². The molecule has 0 saturated carbocycles. The molecular weight excluding hydrogens is 1280 g/mol. The molecular formula is C91H180N2O10. The SMILES string of the molecule is CCCCCCCCCOC(=O)CCCCCCCN(CCCCO)CCCCCCCC(=O)OC(CCCCCCCC)CCCCCCCC.CCCCCCCCCOC(=O)CCCCCCCN(CCCO)CCCCCCCC(=O)OC(CCCCCCCC)CCCCCCCC. The van der Waals surface area contributed by atoms with Crippen LogP contribution in [-0.2, 0) is 38.1 Å². The fourth-order valence-corrected chi connectivity index (χ4v) is 14.2. The van der Waals surface area contributed by atoms with Crippen LogP contribution in [0.2, 0.25) is 0 Å². The third-order valence-corrected chi connectivity index (χ3v) is 21.1. The Labute approximate surface area is 641 Å². The van der Waals surface area contributed by atoms with Crippen LogP contribution in [-0.4, -0.2) is 122 Å². The van der Waals surface area contributed by atoms with E-state index in [-0.39, 0.29) is 49.3 Å². The number of hydrogen-bond donors (Lipinski definition) is 2. The summed E-state index contributed by atoms with van der Waals surface area (Å²) in [5.74, 6) is -0.00352. The first-order valence-corrected chi connectivity index (χ1v) is 46.0. The van der Waals surface area contributed by atoms with Gasteiger partial charge in [0.25, 0.3) is 0 Å². The molecule has 0 aliphatic carbocycles. The molecule has 12 nitrogen and oxygen atoms in total. The Morgan fingerprint density at radius 3 is 0.670 bits per heavy atom. The molecule has 0 amide bonds. The molecule has 0 saturated heterocycles. The van der Waals surface area contributed by atoms with Gasteiger partial charge in [0.1, 0.15) is 12.2 Å². The summed E-state index contributed by atoms with van der Waals surface area (Å²) in [6.07, 6.45) is 80.0. The van der Waals surface area contributed by atoms with E-state index in [2.05, 4.69) is 51.3 Å². The van der Waals surface area contributed by atoms with Crippen LogP contribution in [0.4, 0.5) is 0 Å². The van der Waals surface area contributed by atoms with Crippen molar-refractivity contribution in [2.24, 2.45) is 0 Å². The maximum atomic E-state index is 12.7. The second-order valence-corrected chi connectivity index (χ2v) is 31.4. The average Bonchev–Trinajstić information content (AvgIpc) is 2.98. The number of ether oxygens (including phenoxy) is 4. The number of carbonyl (C=O) groups is 4. The second-order valence-electron chi connectivity index (χ2n) is 31.4. The van der Waals surface area contributed by atoms with Gasteiger partial charge in [-0.2, -0.15) is 0 Å². The van der Waals surface area contributed by atoms with E-state index in [0.29, 0.717) is 38.9 Å². The fraction of sp³-hybridized carbons (Fsp3) is 0.956. The van der Waals surface area contributed by atoms with Crippen molar-refractivity contribution < 1.29 is 48.3 Å². The second kappa shape index (κ2) is 88.6. The van der Waals surface area contributed by atoms with E-state index in [0.717, 1.165) is 148 Å². The summed E-state index contributed by atoms with van der Waals surface area (Å²) >= 11 is 0. The first-order valence-electron chi connectivity index (χ1n) is 46.0. The molecule has 2 N–H and O–H groups in total. The molecule has 0 aromatic heterocycles. The van der Waals surface area contributed by atoms with Crippen LogP contribution >= 0.6 is 0 Å². The standard InChI is InChI=1S/C46H91NO5.C45H89NO5/c1-4-7-10-13-16-25-34-43-51-45(49)37-28-21-17-23-30-39-47(41-32-33-42-48)40-31-24-18-22-29-38-46(50)52-44(35-26-19-14-11-8-5-2)36-27-20-15-12-9-6-3;1-4-7-10-13-16-25-32-42-50-44(48)36-28-21-17-23-30-38-46(40-33-41-47)39-31-24-18-22-29-37-45(49)51-43(34-26-19-14-11-8-5-2)35-27-20-15-12-9-6-3/h44,48H,4-43H2,1-3H3;43,47H,4-42H2,1-3H3. The molecule has 0 spiro atoms. The van der Waals surface area contributed by atoms with Crippen molar-refractivity contribution in [3.05, 3.63) is 0 Å². The maximum Gasteiger partial charge on any atom is 0.306 e. The van der Waals surface area contributed by atoms with Gasteiger partial charge in [-0.25, -0.2) is 0 Å². The number of nitrogens with zero attached hydrogens (tertiary/aromatic N) is 2. The average molecular weight is 1460 g/mol. The van der Waals surface area contributed by atoms with E-state index < -0.39 is 0 Å². The van der Waals surface area contributed by atoms with E-state index in [1.807, 2.05) is 0 Å². The molecule has 0 bridgehead atoms. The highest BCUT2D eigenvalue weighted by molar-refractivity contribution is 5.70. The summed E-state index contributed by atoms with van der Waals surface area (Å²) < 4.78 is 22.9. The predicted octanol–water partition coefficient (Wildman–Crippen LogP) is 26.5. The van der Waals surface area contributed by atoms with Crippen LogP contribution in [0.3, 0.4) is 0 Å². The van der Waals surface area contributed by atoms with Crippen molar-refractivity contribution in [3.8, 4) is 0 Å². The quantitative estimate of drug-likeness (QED) is 0.0339. The third kappa shape index (κ3) is 83.6. The van der Waals surface area contributed by atoms with Crippen LogP contribution in [0, 0.1) is 0 Å². The highest BCUT2D eigenvalue weighted by Gasteiger charge is 2.17. The molecule has 0 atom stereocenters. The number of aliphatic hydroxyl groups is 2.